The first-order chi connectivity index (χ1) is 8.38. The maximum absolute atomic E-state index is 8.50. The fraction of sp³-hybridized carbons (Fsp3) is 0.364. The van der Waals surface area contributed by atoms with Gasteiger partial charge in [-0.25, -0.2) is 4.68 Å². The lowest BCUT2D eigenvalue weighted by Crippen LogP contribution is -1.99. The predicted octanol–water partition coefficient (Wildman–Crippen LogP) is 1.46. The van der Waals surface area contributed by atoms with Gasteiger partial charge in [0.2, 0.25) is 6.79 Å². The van der Waals surface area contributed by atoms with Crippen molar-refractivity contribution >= 4 is 11.0 Å². The van der Waals surface area contributed by atoms with Crippen LogP contribution in [0.4, 0.5) is 0 Å². The fourth-order valence-electron chi connectivity index (χ4n) is 1.83. The molecule has 86 valence electrons. The highest BCUT2D eigenvalue weighted by atomic mass is 16.7. The number of rotatable bonds is 3. The smallest absolute Gasteiger partial charge is 0.231 e. The van der Waals surface area contributed by atoms with Crippen LogP contribution in [0, 0.1) is 11.3 Å². The van der Waals surface area contributed by atoms with Crippen LogP contribution in [0.5, 0.6) is 11.5 Å². The number of ether oxygens (including phenoxy) is 2. The number of nitrogens with zero attached hydrogens (tertiary/aromatic N) is 4. The van der Waals surface area contributed by atoms with Gasteiger partial charge in [-0.05, 0) is 6.42 Å². The predicted molar refractivity (Wildman–Crippen MR) is 58.5 cm³/mol. The standard InChI is InChI=1S/C11H10N4O2/c12-3-1-2-4-15-9-6-11-10(16-7-17-11)5-8(9)13-14-15/h5-6H,1-2,4,7H2. The number of unbranched alkanes of at least 4 members (excludes halogenated alkanes) is 1. The Morgan fingerprint density at radius 3 is 3.00 bits per heavy atom. The van der Waals surface area contributed by atoms with E-state index in [4.69, 9.17) is 14.7 Å². The molecule has 2 heterocycles. The number of aryl methyl sites for hydroxylation is 1. The van der Waals surface area contributed by atoms with Gasteiger partial charge < -0.3 is 9.47 Å². The molecular formula is C11H10N4O2. The van der Waals surface area contributed by atoms with Crippen LogP contribution in [0.25, 0.3) is 11.0 Å². The van der Waals surface area contributed by atoms with Crippen LogP contribution < -0.4 is 9.47 Å². The Balaban J connectivity index is 1.95. The number of benzene rings is 1. The molecule has 3 rings (SSSR count). The van der Waals surface area contributed by atoms with E-state index in [1.54, 1.807) is 4.68 Å². The Labute approximate surface area is 97.3 Å². The van der Waals surface area contributed by atoms with Gasteiger partial charge in [0.1, 0.15) is 5.52 Å². The Morgan fingerprint density at radius 2 is 2.18 bits per heavy atom. The zero-order valence-electron chi connectivity index (χ0n) is 9.09. The van der Waals surface area contributed by atoms with Crippen LogP contribution in [-0.4, -0.2) is 21.8 Å². The molecule has 2 aromatic rings. The van der Waals surface area contributed by atoms with Crippen molar-refractivity contribution in [3.05, 3.63) is 12.1 Å². The molecular weight excluding hydrogens is 220 g/mol. The summed E-state index contributed by atoms with van der Waals surface area (Å²) >= 11 is 0. The average Bonchev–Trinajstić information content (AvgIpc) is 2.93. The third kappa shape index (κ3) is 1.65. The van der Waals surface area contributed by atoms with Gasteiger partial charge >= 0.3 is 0 Å². The molecule has 0 spiro atoms. The number of hydrogen-bond donors (Lipinski definition) is 0. The van der Waals surface area contributed by atoms with Crippen molar-refractivity contribution in [3.8, 4) is 17.6 Å². The molecule has 0 radical (unpaired) electrons. The summed E-state index contributed by atoms with van der Waals surface area (Å²) in [7, 11) is 0. The molecule has 0 saturated heterocycles. The Kier molecular flexibility index (Phi) is 2.29. The first-order valence-corrected chi connectivity index (χ1v) is 5.38. The van der Waals surface area contributed by atoms with Gasteiger partial charge in [-0.3, -0.25) is 0 Å². The van der Waals surface area contributed by atoms with Gasteiger partial charge in [0, 0.05) is 25.1 Å². The molecule has 0 saturated carbocycles. The molecule has 0 fully saturated rings. The number of fused-ring (bicyclic) bond motifs is 2. The minimum absolute atomic E-state index is 0.254. The minimum atomic E-state index is 0.254. The highest BCUT2D eigenvalue weighted by Gasteiger charge is 2.17. The second-order valence-corrected chi connectivity index (χ2v) is 3.77. The molecule has 0 bridgehead atoms. The number of nitriles is 1. The highest BCUT2D eigenvalue weighted by Crippen LogP contribution is 2.35. The molecule has 1 aromatic carbocycles. The lowest BCUT2D eigenvalue weighted by Gasteiger charge is -2.00. The van der Waals surface area contributed by atoms with Crippen LogP contribution in [0.1, 0.15) is 12.8 Å². The molecule has 6 heteroatoms. The van der Waals surface area contributed by atoms with Crippen molar-refractivity contribution in [1.29, 1.82) is 5.26 Å². The first kappa shape index (κ1) is 9.90. The molecule has 0 aliphatic carbocycles. The number of hydrogen-bond acceptors (Lipinski definition) is 5. The summed E-state index contributed by atoms with van der Waals surface area (Å²) < 4.78 is 12.4. The quantitative estimate of drug-likeness (QED) is 0.746. The largest absolute Gasteiger partial charge is 0.454 e. The first-order valence-electron chi connectivity index (χ1n) is 5.38. The van der Waals surface area contributed by atoms with E-state index in [1.807, 2.05) is 12.1 Å². The zero-order valence-corrected chi connectivity index (χ0v) is 9.09. The molecule has 1 aliphatic rings. The Bertz CT molecular complexity index is 599. The maximum atomic E-state index is 8.50. The van der Waals surface area contributed by atoms with Crippen LogP contribution >= 0.6 is 0 Å². The van der Waals surface area contributed by atoms with Crippen LogP contribution in [-0.2, 0) is 6.54 Å². The molecule has 6 nitrogen and oxygen atoms in total. The van der Waals surface area contributed by atoms with E-state index in [-0.39, 0.29) is 6.79 Å². The monoisotopic (exact) mass is 230 g/mol. The van der Waals surface area contributed by atoms with E-state index in [1.165, 1.54) is 0 Å². The minimum Gasteiger partial charge on any atom is -0.454 e. The van der Waals surface area contributed by atoms with Gasteiger partial charge in [0.05, 0.1) is 11.6 Å². The van der Waals surface area contributed by atoms with E-state index in [0.29, 0.717) is 18.7 Å². The highest BCUT2D eigenvalue weighted by molar-refractivity contribution is 5.79. The van der Waals surface area contributed by atoms with Gasteiger partial charge in [-0.15, -0.1) is 5.10 Å². The summed E-state index contributed by atoms with van der Waals surface area (Å²) in [5.74, 6) is 1.43. The molecule has 1 aromatic heterocycles. The summed E-state index contributed by atoms with van der Waals surface area (Å²) in [4.78, 5) is 0. The van der Waals surface area contributed by atoms with Crippen molar-refractivity contribution in [2.24, 2.45) is 0 Å². The maximum Gasteiger partial charge on any atom is 0.231 e. The summed E-state index contributed by atoms with van der Waals surface area (Å²) in [6, 6.07) is 5.82. The van der Waals surface area contributed by atoms with Crippen molar-refractivity contribution < 1.29 is 9.47 Å². The van der Waals surface area contributed by atoms with Gasteiger partial charge in [0.15, 0.2) is 11.5 Å². The van der Waals surface area contributed by atoms with Crippen LogP contribution in [0.3, 0.4) is 0 Å². The molecule has 0 amide bonds. The van der Waals surface area contributed by atoms with Gasteiger partial charge in [-0.1, -0.05) is 5.21 Å². The van der Waals surface area contributed by atoms with E-state index >= 15 is 0 Å². The molecule has 17 heavy (non-hydrogen) atoms. The summed E-state index contributed by atoms with van der Waals surface area (Å²) in [6.07, 6.45) is 1.29. The summed E-state index contributed by atoms with van der Waals surface area (Å²) in [6.45, 7) is 0.938. The Morgan fingerprint density at radius 1 is 1.35 bits per heavy atom. The zero-order chi connectivity index (χ0) is 11.7. The van der Waals surface area contributed by atoms with Crippen molar-refractivity contribution in [3.63, 3.8) is 0 Å². The summed E-state index contributed by atoms with van der Waals surface area (Å²) in [5, 5.41) is 16.6. The average molecular weight is 230 g/mol. The fourth-order valence-corrected chi connectivity index (χ4v) is 1.83. The van der Waals surface area contributed by atoms with Crippen molar-refractivity contribution in [1.82, 2.24) is 15.0 Å². The van der Waals surface area contributed by atoms with E-state index < -0.39 is 0 Å². The normalized spacial score (nSPS) is 12.9. The second-order valence-electron chi connectivity index (χ2n) is 3.77. The number of aromatic nitrogens is 3. The molecule has 0 N–H and O–H groups in total. The second kappa shape index (κ2) is 3.94. The summed E-state index contributed by atoms with van der Waals surface area (Å²) in [5.41, 5.74) is 1.69. The topological polar surface area (TPSA) is 73.0 Å². The van der Waals surface area contributed by atoms with E-state index in [2.05, 4.69) is 16.4 Å². The Hall–Kier alpha value is -2.29. The van der Waals surface area contributed by atoms with E-state index in [9.17, 15) is 0 Å². The van der Waals surface area contributed by atoms with E-state index in [0.717, 1.165) is 23.2 Å². The van der Waals surface area contributed by atoms with Crippen LogP contribution in [0.15, 0.2) is 12.1 Å². The van der Waals surface area contributed by atoms with Crippen molar-refractivity contribution in [2.45, 2.75) is 19.4 Å². The lowest BCUT2D eigenvalue weighted by atomic mass is 10.2. The SMILES string of the molecule is N#CCCCn1nnc2cc3c(cc21)OCO3. The van der Waals surface area contributed by atoms with Gasteiger partial charge in [0.25, 0.3) is 0 Å². The third-order valence-electron chi connectivity index (χ3n) is 2.67. The molecule has 0 unspecified atom stereocenters. The molecule has 1 aliphatic heterocycles. The van der Waals surface area contributed by atoms with Gasteiger partial charge in [-0.2, -0.15) is 5.26 Å². The third-order valence-corrected chi connectivity index (χ3v) is 2.67. The lowest BCUT2D eigenvalue weighted by molar-refractivity contribution is 0.174. The molecule has 0 atom stereocenters. The van der Waals surface area contributed by atoms with Crippen molar-refractivity contribution in [2.75, 3.05) is 6.79 Å². The van der Waals surface area contributed by atoms with Crippen LogP contribution in [0.2, 0.25) is 0 Å².